The van der Waals surface area contributed by atoms with Crippen molar-refractivity contribution in [1.82, 2.24) is 5.32 Å². The van der Waals surface area contributed by atoms with Gasteiger partial charge in [0.15, 0.2) is 9.84 Å². The standard InChI is InChI=1S/C12H27NO2S/c1-5-6-12(4)13-8-10-16(14,15)9-7-11(2)3/h11-13H,5-10H2,1-4H3. The van der Waals surface area contributed by atoms with Crippen LogP contribution in [0.5, 0.6) is 0 Å². The van der Waals surface area contributed by atoms with Crippen LogP contribution in [0.15, 0.2) is 0 Å². The Hall–Kier alpha value is -0.0900. The van der Waals surface area contributed by atoms with Gasteiger partial charge in [-0.05, 0) is 25.7 Å². The molecule has 0 radical (unpaired) electrons. The van der Waals surface area contributed by atoms with E-state index in [2.05, 4.69) is 33.0 Å². The minimum absolute atomic E-state index is 0.272. The van der Waals surface area contributed by atoms with E-state index < -0.39 is 9.84 Å². The second-order valence-electron chi connectivity index (χ2n) is 4.98. The molecule has 0 aliphatic heterocycles. The third kappa shape index (κ3) is 9.16. The maximum atomic E-state index is 11.6. The first-order chi connectivity index (χ1) is 7.37. The topological polar surface area (TPSA) is 46.2 Å². The van der Waals surface area contributed by atoms with E-state index in [0.717, 1.165) is 19.3 Å². The summed E-state index contributed by atoms with van der Waals surface area (Å²) in [4.78, 5) is 0. The Kier molecular flexibility index (Phi) is 8.02. The zero-order chi connectivity index (χ0) is 12.6. The molecule has 0 aromatic heterocycles. The third-order valence-electron chi connectivity index (χ3n) is 2.63. The molecule has 0 aliphatic carbocycles. The summed E-state index contributed by atoms with van der Waals surface area (Å²) in [7, 11) is -2.85. The van der Waals surface area contributed by atoms with Gasteiger partial charge in [-0.2, -0.15) is 0 Å². The van der Waals surface area contributed by atoms with E-state index >= 15 is 0 Å². The number of sulfone groups is 1. The zero-order valence-corrected chi connectivity index (χ0v) is 11.9. The van der Waals surface area contributed by atoms with E-state index in [-0.39, 0.29) is 5.75 Å². The number of nitrogens with one attached hydrogen (secondary N) is 1. The lowest BCUT2D eigenvalue weighted by Crippen LogP contribution is -2.31. The molecule has 0 saturated heterocycles. The molecule has 0 aromatic rings. The molecule has 0 amide bonds. The van der Waals surface area contributed by atoms with Gasteiger partial charge in [-0.25, -0.2) is 8.42 Å². The summed E-state index contributed by atoms with van der Waals surface area (Å²) in [6, 6.07) is 0.422. The van der Waals surface area contributed by atoms with Crippen LogP contribution in [-0.4, -0.2) is 32.5 Å². The Morgan fingerprint density at radius 1 is 1.06 bits per heavy atom. The van der Waals surface area contributed by atoms with Gasteiger partial charge >= 0.3 is 0 Å². The van der Waals surface area contributed by atoms with E-state index in [9.17, 15) is 8.42 Å². The summed E-state index contributed by atoms with van der Waals surface area (Å²) in [6.45, 7) is 8.93. The number of hydrogen-bond acceptors (Lipinski definition) is 3. The Labute approximate surface area is 101 Å². The van der Waals surface area contributed by atoms with Crippen LogP contribution >= 0.6 is 0 Å². The highest BCUT2D eigenvalue weighted by molar-refractivity contribution is 7.91. The highest BCUT2D eigenvalue weighted by atomic mass is 32.2. The van der Waals surface area contributed by atoms with Gasteiger partial charge in [-0.3, -0.25) is 0 Å². The molecule has 98 valence electrons. The van der Waals surface area contributed by atoms with Crippen LogP contribution in [0.3, 0.4) is 0 Å². The van der Waals surface area contributed by atoms with Gasteiger partial charge in [-0.15, -0.1) is 0 Å². The van der Waals surface area contributed by atoms with Crippen molar-refractivity contribution in [2.24, 2.45) is 5.92 Å². The molecule has 0 aliphatic rings. The molecule has 1 unspecified atom stereocenters. The van der Waals surface area contributed by atoms with Crippen LogP contribution in [0.25, 0.3) is 0 Å². The fourth-order valence-corrected chi connectivity index (χ4v) is 2.98. The molecular formula is C12H27NO2S. The lowest BCUT2D eigenvalue weighted by Gasteiger charge is -2.12. The molecule has 0 spiro atoms. The summed E-state index contributed by atoms with van der Waals surface area (Å²) in [5.74, 6) is 1.06. The van der Waals surface area contributed by atoms with Crippen molar-refractivity contribution in [2.75, 3.05) is 18.1 Å². The predicted molar refractivity (Wildman–Crippen MR) is 70.5 cm³/mol. The minimum atomic E-state index is -2.85. The second-order valence-corrected chi connectivity index (χ2v) is 7.28. The predicted octanol–water partition coefficient (Wildman–Crippen LogP) is 2.23. The van der Waals surface area contributed by atoms with Crippen LogP contribution in [0.1, 0.15) is 47.0 Å². The van der Waals surface area contributed by atoms with Crippen LogP contribution in [0, 0.1) is 5.92 Å². The highest BCUT2D eigenvalue weighted by Crippen LogP contribution is 2.03. The van der Waals surface area contributed by atoms with Gasteiger partial charge in [0, 0.05) is 12.6 Å². The van der Waals surface area contributed by atoms with Gasteiger partial charge in [-0.1, -0.05) is 27.2 Å². The Morgan fingerprint density at radius 3 is 2.19 bits per heavy atom. The summed E-state index contributed by atoms with van der Waals surface area (Å²) in [5.41, 5.74) is 0. The number of rotatable bonds is 9. The van der Waals surface area contributed by atoms with Gasteiger partial charge in [0.2, 0.25) is 0 Å². The monoisotopic (exact) mass is 249 g/mol. The maximum Gasteiger partial charge on any atom is 0.151 e. The average molecular weight is 249 g/mol. The summed E-state index contributed by atoms with van der Waals surface area (Å²) in [6.07, 6.45) is 3.01. The van der Waals surface area contributed by atoms with Crippen molar-refractivity contribution >= 4 is 9.84 Å². The molecule has 1 N–H and O–H groups in total. The molecule has 3 nitrogen and oxygen atoms in total. The van der Waals surface area contributed by atoms with Crippen molar-refractivity contribution in [3.63, 3.8) is 0 Å². The molecular weight excluding hydrogens is 222 g/mol. The molecule has 16 heavy (non-hydrogen) atoms. The Balaban J connectivity index is 3.74. The Morgan fingerprint density at radius 2 is 1.69 bits per heavy atom. The van der Waals surface area contributed by atoms with Crippen molar-refractivity contribution in [2.45, 2.75) is 53.0 Å². The lowest BCUT2D eigenvalue weighted by molar-refractivity contribution is 0.519. The average Bonchev–Trinajstić information content (AvgIpc) is 2.15. The highest BCUT2D eigenvalue weighted by Gasteiger charge is 2.11. The largest absolute Gasteiger partial charge is 0.313 e. The first-order valence-corrected chi connectivity index (χ1v) is 8.13. The molecule has 0 aromatic carbocycles. The van der Waals surface area contributed by atoms with Crippen molar-refractivity contribution in [1.29, 1.82) is 0 Å². The smallest absolute Gasteiger partial charge is 0.151 e. The lowest BCUT2D eigenvalue weighted by atomic mass is 10.2. The molecule has 0 bridgehead atoms. The Bertz CT molecular complexity index is 260. The van der Waals surface area contributed by atoms with Gasteiger partial charge < -0.3 is 5.32 Å². The van der Waals surface area contributed by atoms with E-state index in [1.165, 1.54) is 0 Å². The van der Waals surface area contributed by atoms with Crippen LogP contribution in [0.4, 0.5) is 0 Å². The van der Waals surface area contributed by atoms with Crippen molar-refractivity contribution in [3.8, 4) is 0 Å². The van der Waals surface area contributed by atoms with E-state index in [0.29, 0.717) is 24.3 Å². The zero-order valence-electron chi connectivity index (χ0n) is 11.1. The fourth-order valence-electron chi connectivity index (χ4n) is 1.51. The van der Waals surface area contributed by atoms with E-state index in [4.69, 9.17) is 0 Å². The van der Waals surface area contributed by atoms with Crippen molar-refractivity contribution in [3.05, 3.63) is 0 Å². The first-order valence-electron chi connectivity index (χ1n) is 6.31. The first kappa shape index (κ1) is 15.9. The van der Waals surface area contributed by atoms with E-state index in [1.807, 2.05) is 0 Å². The molecule has 0 saturated carbocycles. The quantitative estimate of drug-likeness (QED) is 0.681. The molecule has 4 heteroatoms. The summed E-state index contributed by atoms with van der Waals surface area (Å²) >= 11 is 0. The van der Waals surface area contributed by atoms with Crippen LogP contribution in [-0.2, 0) is 9.84 Å². The van der Waals surface area contributed by atoms with E-state index in [1.54, 1.807) is 0 Å². The number of hydrogen-bond donors (Lipinski definition) is 1. The summed E-state index contributed by atoms with van der Waals surface area (Å²) < 4.78 is 23.3. The van der Waals surface area contributed by atoms with Crippen LogP contribution in [0.2, 0.25) is 0 Å². The second kappa shape index (κ2) is 8.07. The van der Waals surface area contributed by atoms with Gasteiger partial charge in [0.25, 0.3) is 0 Å². The minimum Gasteiger partial charge on any atom is -0.313 e. The summed E-state index contributed by atoms with van der Waals surface area (Å²) in [5, 5.41) is 3.25. The van der Waals surface area contributed by atoms with Gasteiger partial charge in [0.05, 0.1) is 11.5 Å². The van der Waals surface area contributed by atoms with Crippen molar-refractivity contribution < 1.29 is 8.42 Å². The SMILES string of the molecule is CCCC(C)NCCS(=O)(=O)CCC(C)C. The molecule has 0 fully saturated rings. The third-order valence-corrected chi connectivity index (χ3v) is 4.32. The molecule has 1 atom stereocenters. The fraction of sp³-hybridized carbons (Fsp3) is 1.00. The molecule has 0 heterocycles. The van der Waals surface area contributed by atoms with Gasteiger partial charge in [0.1, 0.15) is 0 Å². The molecule has 0 rings (SSSR count). The maximum absolute atomic E-state index is 11.6. The van der Waals surface area contributed by atoms with Crippen LogP contribution < -0.4 is 5.32 Å². The normalized spacial score (nSPS) is 14.3.